The van der Waals surface area contributed by atoms with Crippen LogP contribution < -0.4 is 0 Å². The highest BCUT2D eigenvalue weighted by Gasteiger charge is 2.13. The molecule has 1 N–H and O–H groups in total. The number of nitrogens with zero attached hydrogens (tertiary/aromatic N) is 3. The maximum Gasteiger partial charge on any atom is 0.323 e. The van der Waals surface area contributed by atoms with E-state index in [0.717, 1.165) is 17.0 Å². The molecule has 5 heteroatoms. The van der Waals surface area contributed by atoms with Gasteiger partial charge in [0.1, 0.15) is 12.0 Å². The van der Waals surface area contributed by atoms with Gasteiger partial charge in [0.2, 0.25) is 0 Å². The van der Waals surface area contributed by atoms with Gasteiger partial charge in [0.25, 0.3) is 0 Å². The first kappa shape index (κ1) is 9.92. The Morgan fingerprint density at radius 3 is 2.60 bits per heavy atom. The van der Waals surface area contributed by atoms with Crippen LogP contribution in [0, 0.1) is 20.8 Å². The molecule has 15 heavy (non-hydrogen) atoms. The van der Waals surface area contributed by atoms with Gasteiger partial charge >= 0.3 is 6.01 Å². The molecule has 0 saturated carbocycles. The van der Waals surface area contributed by atoms with Gasteiger partial charge in [0, 0.05) is 5.69 Å². The van der Waals surface area contributed by atoms with E-state index in [0.29, 0.717) is 11.7 Å². The summed E-state index contributed by atoms with van der Waals surface area (Å²) in [4.78, 5) is 4.10. The number of hydrogen-bond acceptors (Lipinski definition) is 4. The summed E-state index contributed by atoms with van der Waals surface area (Å²) in [6, 6.07) is 0.396. The van der Waals surface area contributed by atoms with E-state index in [9.17, 15) is 0 Å². The molecule has 0 aromatic carbocycles. The predicted molar refractivity (Wildman–Crippen MR) is 53.8 cm³/mol. The fourth-order valence-electron chi connectivity index (χ4n) is 1.37. The summed E-state index contributed by atoms with van der Waals surface area (Å²) < 4.78 is 6.86. The number of oxazole rings is 1. The maximum absolute atomic E-state index is 8.87. The third-order valence-corrected chi connectivity index (χ3v) is 2.54. The molecule has 0 saturated heterocycles. The van der Waals surface area contributed by atoms with Crippen LogP contribution in [0.5, 0.6) is 0 Å². The first-order valence-electron chi connectivity index (χ1n) is 4.72. The smallest absolute Gasteiger partial charge is 0.323 e. The third kappa shape index (κ3) is 1.55. The second kappa shape index (κ2) is 3.51. The zero-order valence-corrected chi connectivity index (χ0v) is 8.98. The molecule has 0 atom stereocenters. The average molecular weight is 207 g/mol. The molecule has 80 valence electrons. The Kier molecular flexibility index (Phi) is 2.32. The summed E-state index contributed by atoms with van der Waals surface area (Å²) in [6.45, 7) is 5.78. The van der Waals surface area contributed by atoms with Gasteiger partial charge < -0.3 is 9.52 Å². The molecule has 0 fully saturated rings. The molecule has 0 aliphatic heterocycles. The Balaban J connectivity index is 2.49. The van der Waals surface area contributed by atoms with Crippen LogP contribution in [0.2, 0.25) is 0 Å². The minimum Gasteiger partial charge on any atom is -0.430 e. The van der Waals surface area contributed by atoms with E-state index in [4.69, 9.17) is 9.52 Å². The Morgan fingerprint density at radius 1 is 1.40 bits per heavy atom. The van der Waals surface area contributed by atoms with Gasteiger partial charge in [-0.25, -0.2) is 0 Å². The van der Waals surface area contributed by atoms with Gasteiger partial charge in [0.05, 0.1) is 12.3 Å². The number of aliphatic hydroxyl groups excluding tert-OH is 1. The molecule has 0 aliphatic rings. The van der Waals surface area contributed by atoms with Gasteiger partial charge in [-0.15, -0.1) is 0 Å². The van der Waals surface area contributed by atoms with Crippen LogP contribution in [-0.2, 0) is 6.61 Å². The lowest BCUT2D eigenvalue weighted by Crippen LogP contribution is -2.00. The summed E-state index contributed by atoms with van der Waals surface area (Å²) in [5.74, 6) is 0. The lowest BCUT2D eigenvalue weighted by molar-refractivity contribution is 0.276. The third-order valence-electron chi connectivity index (χ3n) is 2.54. The van der Waals surface area contributed by atoms with Gasteiger partial charge in [-0.05, 0) is 26.3 Å². The van der Waals surface area contributed by atoms with Crippen LogP contribution in [0.4, 0.5) is 0 Å². The molecule has 5 nitrogen and oxygen atoms in total. The van der Waals surface area contributed by atoms with Crippen molar-refractivity contribution in [2.45, 2.75) is 27.4 Å². The molecule has 2 rings (SSSR count). The van der Waals surface area contributed by atoms with Gasteiger partial charge in [-0.1, -0.05) is 0 Å². The molecule has 2 aromatic heterocycles. The van der Waals surface area contributed by atoms with Crippen molar-refractivity contribution in [3.05, 3.63) is 28.9 Å². The van der Waals surface area contributed by atoms with Crippen molar-refractivity contribution in [2.75, 3.05) is 0 Å². The molecule has 0 radical (unpaired) electrons. The summed E-state index contributed by atoms with van der Waals surface area (Å²) in [5, 5.41) is 13.2. The first-order valence-corrected chi connectivity index (χ1v) is 4.72. The normalized spacial score (nSPS) is 10.9. The summed E-state index contributed by atoms with van der Waals surface area (Å²) in [5.41, 5.74) is 3.59. The molecule has 0 unspecified atom stereocenters. The molecular formula is C10H13N3O2. The lowest BCUT2D eigenvalue weighted by Gasteiger charge is -1.96. The molecule has 0 amide bonds. The molecule has 2 aromatic rings. The highest BCUT2D eigenvalue weighted by Crippen LogP contribution is 2.16. The quantitative estimate of drug-likeness (QED) is 0.805. The lowest BCUT2D eigenvalue weighted by atomic mass is 10.2. The maximum atomic E-state index is 8.87. The minimum atomic E-state index is -0.123. The average Bonchev–Trinajstić information content (AvgIpc) is 2.79. The SMILES string of the molecule is Cc1nn(-c2nc(CO)co2)c(C)c1C. The van der Waals surface area contributed by atoms with E-state index in [1.54, 1.807) is 4.68 Å². The summed E-state index contributed by atoms with van der Waals surface area (Å²) in [6.07, 6.45) is 1.43. The largest absolute Gasteiger partial charge is 0.430 e. The second-order valence-corrected chi connectivity index (χ2v) is 3.49. The zero-order chi connectivity index (χ0) is 11.0. The Bertz CT molecular complexity index is 485. The second-order valence-electron chi connectivity index (χ2n) is 3.49. The topological polar surface area (TPSA) is 64.1 Å². The van der Waals surface area contributed by atoms with Crippen LogP contribution in [0.3, 0.4) is 0 Å². The number of aromatic nitrogens is 3. The van der Waals surface area contributed by atoms with Crippen molar-refractivity contribution >= 4 is 0 Å². The van der Waals surface area contributed by atoms with Gasteiger partial charge in [0.15, 0.2) is 0 Å². The van der Waals surface area contributed by atoms with Crippen LogP contribution in [-0.4, -0.2) is 19.9 Å². The van der Waals surface area contributed by atoms with E-state index in [1.807, 2.05) is 20.8 Å². The Morgan fingerprint density at radius 2 is 2.13 bits per heavy atom. The van der Waals surface area contributed by atoms with Crippen molar-refractivity contribution in [1.82, 2.24) is 14.8 Å². The zero-order valence-electron chi connectivity index (χ0n) is 8.98. The van der Waals surface area contributed by atoms with Crippen molar-refractivity contribution in [3.63, 3.8) is 0 Å². The summed E-state index contributed by atoms with van der Waals surface area (Å²) in [7, 11) is 0. The molecule has 2 heterocycles. The standard InChI is InChI=1S/C10H13N3O2/c1-6-7(2)12-13(8(6)3)10-11-9(4-14)5-15-10/h5,14H,4H2,1-3H3. The highest BCUT2D eigenvalue weighted by atomic mass is 16.4. The van der Waals surface area contributed by atoms with Gasteiger partial charge in [-0.3, -0.25) is 0 Å². The van der Waals surface area contributed by atoms with Gasteiger partial charge in [-0.2, -0.15) is 14.8 Å². The van der Waals surface area contributed by atoms with Crippen LogP contribution in [0.1, 0.15) is 22.6 Å². The van der Waals surface area contributed by atoms with E-state index in [1.165, 1.54) is 6.26 Å². The fourth-order valence-corrected chi connectivity index (χ4v) is 1.37. The monoisotopic (exact) mass is 207 g/mol. The first-order chi connectivity index (χ1) is 7.13. The number of hydrogen-bond donors (Lipinski definition) is 1. The van der Waals surface area contributed by atoms with E-state index < -0.39 is 0 Å². The Hall–Kier alpha value is -1.62. The number of rotatable bonds is 2. The summed E-state index contributed by atoms with van der Waals surface area (Å²) >= 11 is 0. The van der Waals surface area contributed by atoms with Crippen LogP contribution in [0.15, 0.2) is 10.7 Å². The number of aliphatic hydroxyl groups is 1. The highest BCUT2D eigenvalue weighted by molar-refractivity contribution is 5.27. The predicted octanol–water partition coefficient (Wildman–Crippen LogP) is 1.28. The van der Waals surface area contributed by atoms with E-state index in [-0.39, 0.29) is 6.61 Å². The molecule has 0 spiro atoms. The van der Waals surface area contributed by atoms with E-state index in [2.05, 4.69) is 10.1 Å². The van der Waals surface area contributed by atoms with Crippen LogP contribution in [0.25, 0.3) is 6.01 Å². The van der Waals surface area contributed by atoms with E-state index >= 15 is 0 Å². The molecule has 0 aliphatic carbocycles. The fraction of sp³-hybridized carbons (Fsp3) is 0.400. The van der Waals surface area contributed by atoms with Crippen molar-refractivity contribution < 1.29 is 9.52 Å². The number of aryl methyl sites for hydroxylation is 1. The molecule has 0 bridgehead atoms. The van der Waals surface area contributed by atoms with Crippen molar-refractivity contribution in [1.29, 1.82) is 0 Å². The Labute approximate surface area is 87.4 Å². The molecular weight excluding hydrogens is 194 g/mol. The van der Waals surface area contributed by atoms with Crippen molar-refractivity contribution in [3.8, 4) is 6.01 Å². The minimum absolute atomic E-state index is 0.123. The van der Waals surface area contributed by atoms with Crippen molar-refractivity contribution in [2.24, 2.45) is 0 Å². The van der Waals surface area contributed by atoms with Crippen LogP contribution >= 0.6 is 0 Å².